The second-order valence-electron chi connectivity index (χ2n) is 7.72. The minimum Gasteiger partial charge on any atom is -0.489 e. The van der Waals surface area contributed by atoms with Gasteiger partial charge in [-0.3, -0.25) is 4.79 Å². The first kappa shape index (κ1) is 22.1. The topological polar surface area (TPSA) is 73.6 Å². The van der Waals surface area contributed by atoms with E-state index in [2.05, 4.69) is 10.5 Å². The van der Waals surface area contributed by atoms with E-state index in [-0.39, 0.29) is 5.91 Å². The van der Waals surface area contributed by atoms with Gasteiger partial charge in [0, 0.05) is 12.1 Å². The molecule has 1 N–H and O–H groups in total. The van der Waals surface area contributed by atoms with Crippen LogP contribution in [0.25, 0.3) is 0 Å². The monoisotopic (exact) mass is 442 g/mol. The van der Waals surface area contributed by atoms with E-state index in [9.17, 15) is 4.79 Å². The average molecular weight is 443 g/mol. The van der Waals surface area contributed by atoms with Crippen LogP contribution in [0.3, 0.4) is 0 Å². The van der Waals surface area contributed by atoms with E-state index in [1.165, 1.54) is 0 Å². The third-order valence-electron chi connectivity index (χ3n) is 5.31. The average Bonchev–Trinajstić information content (AvgIpc) is 3.18. The van der Waals surface area contributed by atoms with Crippen molar-refractivity contribution in [2.45, 2.75) is 33.6 Å². The lowest BCUT2D eigenvalue weighted by atomic mass is 10.1. The van der Waals surface area contributed by atoms with Crippen LogP contribution in [0.1, 0.15) is 38.5 Å². The van der Waals surface area contributed by atoms with E-state index in [0.29, 0.717) is 31.1 Å². The molecule has 0 spiro atoms. The Morgan fingerprint density at radius 1 is 0.818 bits per heavy atom. The third-order valence-corrected chi connectivity index (χ3v) is 5.31. The van der Waals surface area contributed by atoms with Gasteiger partial charge in [0.25, 0.3) is 5.91 Å². The molecule has 0 bridgehead atoms. The number of rotatable bonds is 9. The maximum absolute atomic E-state index is 12.5. The molecule has 4 aromatic rings. The number of carbonyl (C=O) groups is 1. The van der Waals surface area contributed by atoms with E-state index in [1.54, 1.807) is 24.3 Å². The predicted octanol–water partition coefficient (Wildman–Crippen LogP) is 5.38. The lowest BCUT2D eigenvalue weighted by Gasteiger charge is -2.09. The molecule has 168 valence electrons. The standard InChI is InChI=1S/C27H26N2O4/c1-19-26(20(2)33-29-19)18-32-25-14-12-23(13-15-25)27(30)28-16-21-8-10-22(11-9-21)17-31-24-6-4-3-5-7-24/h3-15H,16-18H2,1-2H3,(H,28,30). The fraction of sp³-hybridized carbons (Fsp3) is 0.185. The maximum Gasteiger partial charge on any atom is 0.251 e. The van der Waals surface area contributed by atoms with Crippen molar-refractivity contribution >= 4 is 5.91 Å². The minimum atomic E-state index is -0.135. The van der Waals surface area contributed by atoms with Crippen LogP contribution in [0, 0.1) is 13.8 Å². The number of carbonyl (C=O) groups excluding carboxylic acids is 1. The number of hydrogen-bond donors (Lipinski definition) is 1. The Balaban J connectivity index is 1.24. The van der Waals surface area contributed by atoms with Crippen LogP contribution >= 0.6 is 0 Å². The molecule has 1 aromatic heterocycles. The minimum absolute atomic E-state index is 0.135. The van der Waals surface area contributed by atoms with E-state index < -0.39 is 0 Å². The molecule has 3 aromatic carbocycles. The number of amides is 1. The Labute approximate surface area is 193 Å². The molecular weight excluding hydrogens is 416 g/mol. The fourth-order valence-corrected chi connectivity index (χ4v) is 3.29. The molecule has 1 amide bonds. The Kier molecular flexibility index (Phi) is 7.05. The van der Waals surface area contributed by atoms with Crippen molar-refractivity contribution in [2.75, 3.05) is 0 Å². The van der Waals surface area contributed by atoms with Crippen molar-refractivity contribution in [3.8, 4) is 11.5 Å². The SMILES string of the molecule is Cc1noc(C)c1COc1ccc(C(=O)NCc2ccc(COc3ccccc3)cc2)cc1. The Hall–Kier alpha value is -4.06. The molecule has 0 aliphatic rings. The van der Waals surface area contributed by atoms with Crippen molar-refractivity contribution in [3.05, 3.63) is 113 Å². The van der Waals surface area contributed by atoms with Crippen molar-refractivity contribution in [3.63, 3.8) is 0 Å². The van der Waals surface area contributed by atoms with Crippen molar-refractivity contribution < 1.29 is 18.8 Å². The molecule has 0 radical (unpaired) electrons. The maximum atomic E-state index is 12.5. The summed E-state index contributed by atoms with van der Waals surface area (Å²) < 4.78 is 16.7. The fourth-order valence-electron chi connectivity index (χ4n) is 3.29. The summed E-state index contributed by atoms with van der Waals surface area (Å²) in [7, 11) is 0. The first-order chi connectivity index (χ1) is 16.1. The molecule has 4 rings (SSSR count). The lowest BCUT2D eigenvalue weighted by molar-refractivity contribution is 0.0951. The van der Waals surface area contributed by atoms with Crippen LogP contribution in [0.2, 0.25) is 0 Å². The summed E-state index contributed by atoms with van der Waals surface area (Å²) in [6, 6.07) is 24.8. The third kappa shape index (κ3) is 6.01. The molecule has 6 heteroatoms. The van der Waals surface area contributed by atoms with Gasteiger partial charge in [0.1, 0.15) is 30.5 Å². The summed E-state index contributed by atoms with van der Waals surface area (Å²) in [4.78, 5) is 12.5. The van der Waals surface area contributed by atoms with Gasteiger partial charge in [0.15, 0.2) is 0 Å². The second kappa shape index (κ2) is 10.5. The number of para-hydroxylation sites is 1. The first-order valence-corrected chi connectivity index (χ1v) is 10.8. The highest BCUT2D eigenvalue weighted by Gasteiger charge is 2.10. The molecular formula is C27H26N2O4. The molecule has 0 unspecified atom stereocenters. The number of aryl methyl sites for hydroxylation is 2. The van der Waals surface area contributed by atoms with Gasteiger partial charge in [0.05, 0.1) is 11.3 Å². The summed E-state index contributed by atoms with van der Waals surface area (Å²) >= 11 is 0. The highest BCUT2D eigenvalue weighted by atomic mass is 16.5. The van der Waals surface area contributed by atoms with Crippen LogP contribution in [-0.4, -0.2) is 11.1 Å². The molecule has 0 aliphatic carbocycles. The van der Waals surface area contributed by atoms with Gasteiger partial charge in [-0.2, -0.15) is 0 Å². The quantitative estimate of drug-likeness (QED) is 0.377. The predicted molar refractivity (Wildman–Crippen MR) is 125 cm³/mol. The van der Waals surface area contributed by atoms with Gasteiger partial charge in [-0.15, -0.1) is 0 Å². The first-order valence-electron chi connectivity index (χ1n) is 10.8. The molecule has 0 atom stereocenters. The molecule has 1 heterocycles. The number of benzene rings is 3. The van der Waals surface area contributed by atoms with Gasteiger partial charge in [-0.05, 0) is 61.4 Å². The van der Waals surface area contributed by atoms with E-state index in [0.717, 1.165) is 33.9 Å². The Morgan fingerprint density at radius 3 is 2.12 bits per heavy atom. The van der Waals surface area contributed by atoms with Gasteiger partial charge in [-0.25, -0.2) is 0 Å². The van der Waals surface area contributed by atoms with E-state index >= 15 is 0 Å². The van der Waals surface area contributed by atoms with Crippen molar-refractivity contribution in [2.24, 2.45) is 0 Å². The Morgan fingerprint density at radius 2 is 1.45 bits per heavy atom. The second-order valence-corrected chi connectivity index (χ2v) is 7.72. The number of nitrogens with zero attached hydrogens (tertiary/aromatic N) is 1. The van der Waals surface area contributed by atoms with E-state index in [4.69, 9.17) is 14.0 Å². The van der Waals surface area contributed by atoms with Crippen molar-refractivity contribution in [1.29, 1.82) is 0 Å². The lowest BCUT2D eigenvalue weighted by Crippen LogP contribution is -2.22. The number of aromatic nitrogens is 1. The number of nitrogens with one attached hydrogen (secondary N) is 1. The normalized spacial score (nSPS) is 10.6. The zero-order chi connectivity index (χ0) is 23.0. The molecule has 33 heavy (non-hydrogen) atoms. The van der Waals surface area contributed by atoms with Crippen LogP contribution in [0.15, 0.2) is 83.4 Å². The summed E-state index contributed by atoms with van der Waals surface area (Å²) in [6.07, 6.45) is 0. The molecule has 0 aliphatic heterocycles. The summed E-state index contributed by atoms with van der Waals surface area (Å²) in [5, 5.41) is 6.87. The van der Waals surface area contributed by atoms with Crippen LogP contribution in [0.5, 0.6) is 11.5 Å². The number of ether oxygens (including phenoxy) is 2. The summed E-state index contributed by atoms with van der Waals surface area (Å²) in [6.45, 7) is 5.07. The summed E-state index contributed by atoms with van der Waals surface area (Å²) in [5.41, 5.74) is 4.43. The van der Waals surface area contributed by atoms with Crippen LogP contribution in [0.4, 0.5) is 0 Å². The van der Waals surface area contributed by atoms with Gasteiger partial charge >= 0.3 is 0 Å². The molecule has 0 saturated carbocycles. The molecule has 0 saturated heterocycles. The van der Waals surface area contributed by atoms with Gasteiger partial charge in [0.2, 0.25) is 0 Å². The van der Waals surface area contributed by atoms with Gasteiger partial charge in [-0.1, -0.05) is 47.6 Å². The van der Waals surface area contributed by atoms with Gasteiger partial charge < -0.3 is 19.3 Å². The molecule has 0 fully saturated rings. The Bertz CT molecular complexity index is 1160. The zero-order valence-electron chi connectivity index (χ0n) is 18.7. The highest BCUT2D eigenvalue weighted by Crippen LogP contribution is 2.18. The van der Waals surface area contributed by atoms with Crippen LogP contribution < -0.4 is 14.8 Å². The number of hydrogen-bond acceptors (Lipinski definition) is 5. The van der Waals surface area contributed by atoms with E-state index in [1.807, 2.05) is 68.4 Å². The smallest absolute Gasteiger partial charge is 0.251 e. The zero-order valence-corrected chi connectivity index (χ0v) is 18.7. The molecule has 6 nitrogen and oxygen atoms in total. The summed E-state index contributed by atoms with van der Waals surface area (Å²) in [5.74, 6) is 2.14. The van der Waals surface area contributed by atoms with Crippen LogP contribution in [-0.2, 0) is 19.8 Å². The largest absolute Gasteiger partial charge is 0.489 e. The highest BCUT2D eigenvalue weighted by molar-refractivity contribution is 5.94. The van der Waals surface area contributed by atoms with Crippen molar-refractivity contribution in [1.82, 2.24) is 10.5 Å².